The summed E-state index contributed by atoms with van der Waals surface area (Å²) in [5.74, 6) is -0.0256. The second-order valence-electron chi connectivity index (χ2n) is 5.34. The molecule has 1 amide bonds. The van der Waals surface area contributed by atoms with Gasteiger partial charge < -0.3 is 4.90 Å². The van der Waals surface area contributed by atoms with Crippen molar-refractivity contribution in [3.8, 4) is 0 Å². The Hall–Kier alpha value is -2.89. The van der Waals surface area contributed by atoms with Gasteiger partial charge in [-0.25, -0.2) is 9.50 Å². The highest BCUT2D eigenvalue weighted by Crippen LogP contribution is 2.17. The third-order valence-electron chi connectivity index (χ3n) is 4.00. The monoisotopic (exact) mass is 294 g/mol. The molecule has 0 bridgehead atoms. The van der Waals surface area contributed by atoms with E-state index in [1.54, 1.807) is 29.3 Å². The summed E-state index contributed by atoms with van der Waals surface area (Å²) in [6.45, 7) is 0.907. The number of H-pyrrole nitrogens is 1. The summed E-state index contributed by atoms with van der Waals surface area (Å²) in [4.78, 5) is 31.1. The zero-order chi connectivity index (χ0) is 15.1. The Morgan fingerprint density at radius 1 is 1.18 bits per heavy atom. The van der Waals surface area contributed by atoms with Crippen LogP contribution in [0.1, 0.15) is 21.6 Å². The summed E-state index contributed by atoms with van der Waals surface area (Å²) in [6, 6.07) is 10.9. The van der Waals surface area contributed by atoms with Crippen molar-refractivity contribution in [2.45, 2.75) is 13.0 Å². The Morgan fingerprint density at radius 2 is 2.00 bits per heavy atom. The van der Waals surface area contributed by atoms with E-state index >= 15 is 0 Å². The molecular weight excluding hydrogens is 280 g/mol. The van der Waals surface area contributed by atoms with Crippen LogP contribution in [0.2, 0.25) is 0 Å². The van der Waals surface area contributed by atoms with Crippen LogP contribution in [0.3, 0.4) is 0 Å². The largest absolute Gasteiger partial charge is 0.332 e. The number of aromatic nitrogens is 3. The molecule has 6 nitrogen and oxygen atoms in total. The van der Waals surface area contributed by atoms with E-state index < -0.39 is 0 Å². The van der Waals surface area contributed by atoms with Gasteiger partial charge in [0.05, 0.1) is 12.2 Å². The molecule has 0 saturated carbocycles. The highest BCUT2D eigenvalue weighted by atomic mass is 16.2. The number of benzene rings is 1. The van der Waals surface area contributed by atoms with Crippen molar-refractivity contribution in [2.24, 2.45) is 0 Å². The summed E-state index contributed by atoms with van der Waals surface area (Å²) < 4.78 is 1.44. The fourth-order valence-corrected chi connectivity index (χ4v) is 2.87. The first-order valence-corrected chi connectivity index (χ1v) is 7.16. The fourth-order valence-electron chi connectivity index (χ4n) is 2.87. The number of carbonyl (C=O) groups excluding carboxylic acids is 1. The molecule has 4 rings (SSSR count). The van der Waals surface area contributed by atoms with Crippen LogP contribution in [-0.2, 0) is 13.0 Å². The first-order valence-electron chi connectivity index (χ1n) is 7.16. The van der Waals surface area contributed by atoms with E-state index in [0.29, 0.717) is 42.0 Å². The van der Waals surface area contributed by atoms with Gasteiger partial charge in [-0.3, -0.25) is 14.7 Å². The minimum Gasteiger partial charge on any atom is -0.332 e. The number of hydrogen-bond acceptors (Lipinski definition) is 3. The molecule has 3 heterocycles. The number of rotatable bonds is 1. The SMILES string of the molecule is O=C(c1ccccc1)N1CCc2c(nc3cc[nH]n3c2=O)C1. The summed E-state index contributed by atoms with van der Waals surface area (Å²) >= 11 is 0. The lowest BCUT2D eigenvalue weighted by molar-refractivity contribution is 0.0731. The summed E-state index contributed by atoms with van der Waals surface area (Å²) in [5.41, 5.74) is 2.55. The van der Waals surface area contributed by atoms with Gasteiger partial charge in [-0.1, -0.05) is 18.2 Å². The van der Waals surface area contributed by atoms with E-state index in [4.69, 9.17) is 0 Å². The maximum atomic E-state index is 12.5. The first-order chi connectivity index (χ1) is 10.7. The predicted molar refractivity (Wildman–Crippen MR) is 80.7 cm³/mol. The number of nitrogens with zero attached hydrogens (tertiary/aromatic N) is 3. The quantitative estimate of drug-likeness (QED) is 0.733. The van der Waals surface area contributed by atoms with Crippen LogP contribution in [0.5, 0.6) is 0 Å². The lowest BCUT2D eigenvalue weighted by Gasteiger charge is -2.27. The molecule has 0 aliphatic carbocycles. The lowest BCUT2D eigenvalue weighted by atomic mass is 10.1. The molecule has 1 aromatic carbocycles. The highest BCUT2D eigenvalue weighted by Gasteiger charge is 2.25. The lowest BCUT2D eigenvalue weighted by Crippen LogP contribution is -2.39. The highest BCUT2D eigenvalue weighted by molar-refractivity contribution is 5.94. The molecule has 3 aromatic rings. The summed E-state index contributed by atoms with van der Waals surface area (Å²) in [5, 5.41) is 2.86. The van der Waals surface area contributed by atoms with E-state index in [9.17, 15) is 9.59 Å². The topological polar surface area (TPSA) is 70.5 Å². The molecular formula is C16H14N4O2. The van der Waals surface area contributed by atoms with Crippen LogP contribution in [0, 0.1) is 0 Å². The maximum Gasteiger partial charge on any atom is 0.276 e. The molecule has 0 radical (unpaired) electrons. The molecule has 1 N–H and O–H groups in total. The molecule has 0 saturated heterocycles. The molecule has 2 aromatic heterocycles. The number of carbonyl (C=O) groups is 1. The maximum absolute atomic E-state index is 12.5. The van der Waals surface area contributed by atoms with Gasteiger partial charge in [-0.05, 0) is 18.6 Å². The van der Waals surface area contributed by atoms with Gasteiger partial charge in [0.2, 0.25) is 0 Å². The molecule has 22 heavy (non-hydrogen) atoms. The fraction of sp³-hybridized carbons (Fsp3) is 0.188. The van der Waals surface area contributed by atoms with E-state index in [1.165, 1.54) is 4.52 Å². The Balaban J connectivity index is 1.71. The average Bonchev–Trinajstić information content (AvgIpc) is 3.03. The van der Waals surface area contributed by atoms with Gasteiger partial charge in [0, 0.05) is 29.9 Å². The second kappa shape index (κ2) is 4.84. The van der Waals surface area contributed by atoms with E-state index in [0.717, 1.165) is 0 Å². The third kappa shape index (κ3) is 1.92. The van der Waals surface area contributed by atoms with Crippen LogP contribution in [0.15, 0.2) is 47.4 Å². The number of fused-ring (bicyclic) bond motifs is 2. The van der Waals surface area contributed by atoms with Crippen molar-refractivity contribution in [1.82, 2.24) is 19.5 Å². The number of aromatic amines is 1. The number of nitrogens with one attached hydrogen (secondary N) is 1. The van der Waals surface area contributed by atoms with Crippen LogP contribution < -0.4 is 5.56 Å². The Bertz CT molecular complexity index is 911. The van der Waals surface area contributed by atoms with Gasteiger partial charge in [-0.2, -0.15) is 0 Å². The van der Waals surface area contributed by atoms with Crippen LogP contribution >= 0.6 is 0 Å². The summed E-state index contributed by atoms with van der Waals surface area (Å²) in [6.07, 6.45) is 2.21. The minimum absolute atomic E-state index is 0.0256. The molecule has 0 unspecified atom stereocenters. The minimum atomic E-state index is -0.0724. The smallest absolute Gasteiger partial charge is 0.276 e. The van der Waals surface area contributed by atoms with Crippen molar-refractivity contribution >= 4 is 11.6 Å². The molecule has 0 atom stereocenters. The predicted octanol–water partition coefficient (Wildman–Crippen LogP) is 1.22. The first kappa shape index (κ1) is 12.8. The Labute approximate surface area is 126 Å². The number of amides is 1. The Kier molecular flexibility index (Phi) is 2.82. The van der Waals surface area contributed by atoms with Crippen LogP contribution in [0.25, 0.3) is 5.65 Å². The van der Waals surface area contributed by atoms with Gasteiger partial charge in [0.1, 0.15) is 0 Å². The molecule has 1 aliphatic rings. The van der Waals surface area contributed by atoms with Gasteiger partial charge in [-0.15, -0.1) is 0 Å². The van der Waals surface area contributed by atoms with Crippen molar-refractivity contribution < 1.29 is 4.79 Å². The van der Waals surface area contributed by atoms with E-state index in [-0.39, 0.29) is 11.5 Å². The number of hydrogen-bond donors (Lipinski definition) is 1. The Morgan fingerprint density at radius 3 is 2.82 bits per heavy atom. The average molecular weight is 294 g/mol. The molecule has 1 aliphatic heterocycles. The zero-order valence-electron chi connectivity index (χ0n) is 11.8. The zero-order valence-corrected chi connectivity index (χ0v) is 11.8. The van der Waals surface area contributed by atoms with Crippen molar-refractivity contribution in [1.29, 1.82) is 0 Å². The van der Waals surface area contributed by atoms with Gasteiger partial charge in [0.15, 0.2) is 5.65 Å². The van der Waals surface area contributed by atoms with Crippen LogP contribution in [0.4, 0.5) is 0 Å². The standard InChI is InChI=1S/C16H14N4O2/c21-15(11-4-2-1-3-5-11)19-9-7-12-13(10-19)18-14-6-8-17-20(14)16(12)22/h1-6,8,17H,7,9-10H2. The van der Waals surface area contributed by atoms with Crippen molar-refractivity contribution in [3.63, 3.8) is 0 Å². The summed E-state index contributed by atoms with van der Waals surface area (Å²) in [7, 11) is 0. The van der Waals surface area contributed by atoms with Gasteiger partial charge >= 0.3 is 0 Å². The second-order valence-corrected chi connectivity index (χ2v) is 5.34. The van der Waals surface area contributed by atoms with Crippen LogP contribution in [-0.4, -0.2) is 31.9 Å². The van der Waals surface area contributed by atoms with E-state index in [2.05, 4.69) is 10.1 Å². The molecule has 0 spiro atoms. The third-order valence-corrected chi connectivity index (χ3v) is 4.00. The van der Waals surface area contributed by atoms with E-state index in [1.807, 2.05) is 18.2 Å². The van der Waals surface area contributed by atoms with Crippen molar-refractivity contribution in [3.05, 3.63) is 69.8 Å². The molecule has 0 fully saturated rings. The normalized spacial score (nSPS) is 14.1. The molecule has 110 valence electrons. The van der Waals surface area contributed by atoms with Gasteiger partial charge in [0.25, 0.3) is 11.5 Å². The van der Waals surface area contributed by atoms with Crippen molar-refractivity contribution in [2.75, 3.05) is 6.54 Å². The molecule has 6 heteroatoms.